The molecule has 6 heteroatoms. The van der Waals surface area contributed by atoms with E-state index in [1.54, 1.807) is 35.0 Å². The van der Waals surface area contributed by atoms with E-state index >= 15 is 0 Å². The molecule has 108 valence electrons. The maximum Gasteiger partial charge on any atom is 0.264 e. The van der Waals surface area contributed by atoms with Gasteiger partial charge in [0.05, 0.1) is 18.3 Å². The van der Waals surface area contributed by atoms with Crippen LogP contribution in [-0.4, -0.2) is 24.3 Å². The molecule has 0 N–H and O–H groups in total. The van der Waals surface area contributed by atoms with E-state index in [2.05, 4.69) is 15.1 Å². The molecule has 0 unspecified atom stereocenters. The molecule has 0 aliphatic heterocycles. The van der Waals surface area contributed by atoms with E-state index in [1.807, 2.05) is 30.3 Å². The Labute approximate surface area is 125 Å². The number of nitrogens with zero attached hydrogens (tertiary/aromatic N) is 5. The molecule has 4 rings (SSSR count). The minimum Gasteiger partial charge on any atom is -0.294 e. The number of aryl methyl sites for hydroxylation is 1. The van der Waals surface area contributed by atoms with Crippen molar-refractivity contribution in [1.82, 2.24) is 24.3 Å². The lowest BCUT2D eigenvalue weighted by molar-refractivity contribution is 0.740. The van der Waals surface area contributed by atoms with E-state index in [4.69, 9.17) is 0 Å². The van der Waals surface area contributed by atoms with Gasteiger partial charge in [-0.15, -0.1) is 0 Å². The van der Waals surface area contributed by atoms with Crippen LogP contribution in [0, 0.1) is 0 Å². The third-order valence-corrected chi connectivity index (χ3v) is 3.78. The molecule has 3 aromatic heterocycles. The monoisotopic (exact) mass is 291 g/mol. The molecule has 0 amide bonds. The maximum atomic E-state index is 12.5. The number of hydrogen-bond donors (Lipinski definition) is 0. The molecule has 0 saturated heterocycles. The van der Waals surface area contributed by atoms with Gasteiger partial charge in [0.1, 0.15) is 11.7 Å². The predicted octanol–water partition coefficient (Wildman–Crippen LogP) is 1.73. The Kier molecular flexibility index (Phi) is 2.75. The first kappa shape index (κ1) is 12.7. The van der Waals surface area contributed by atoms with Crippen molar-refractivity contribution in [1.29, 1.82) is 0 Å². The van der Waals surface area contributed by atoms with Crippen LogP contribution in [0.15, 0.2) is 53.8 Å². The number of rotatable bonds is 2. The van der Waals surface area contributed by atoms with Gasteiger partial charge in [-0.2, -0.15) is 5.10 Å². The zero-order valence-corrected chi connectivity index (χ0v) is 12.0. The summed E-state index contributed by atoms with van der Waals surface area (Å²) in [5, 5.41) is 5.67. The Hall–Kier alpha value is -3.02. The average molecular weight is 291 g/mol. The first-order valence-electron chi connectivity index (χ1n) is 6.94. The maximum absolute atomic E-state index is 12.5. The Balaban J connectivity index is 1.86. The molecule has 0 saturated carbocycles. The summed E-state index contributed by atoms with van der Waals surface area (Å²) in [6.45, 7) is 0.436. The van der Waals surface area contributed by atoms with Gasteiger partial charge in [-0.05, 0) is 11.6 Å². The van der Waals surface area contributed by atoms with Crippen molar-refractivity contribution in [3.8, 4) is 0 Å². The number of para-hydroxylation sites is 1. The van der Waals surface area contributed by atoms with Gasteiger partial charge in [-0.3, -0.25) is 19.0 Å². The highest BCUT2D eigenvalue weighted by atomic mass is 16.1. The summed E-state index contributed by atoms with van der Waals surface area (Å²) in [7, 11) is 1.77. The van der Waals surface area contributed by atoms with Crippen LogP contribution >= 0.6 is 0 Å². The van der Waals surface area contributed by atoms with Crippen molar-refractivity contribution in [2.45, 2.75) is 6.54 Å². The van der Waals surface area contributed by atoms with E-state index in [1.165, 1.54) is 0 Å². The van der Waals surface area contributed by atoms with Crippen LogP contribution in [-0.2, 0) is 13.6 Å². The van der Waals surface area contributed by atoms with E-state index in [-0.39, 0.29) is 5.56 Å². The summed E-state index contributed by atoms with van der Waals surface area (Å²) in [6.07, 6.45) is 4.88. The van der Waals surface area contributed by atoms with Crippen molar-refractivity contribution < 1.29 is 0 Å². The van der Waals surface area contributed by atoms with E-state index in [0.717, 1.165) is 16.5 Å². The van der Waals surface area contributed by atoms with Crippen LogP contribution in [0.4, 0.5) is 0 Å². The van der Waals surface area contributed by atoms with Gasteiger partial charge in [0, 0.05) is 18.6 Å². The molecule has 0 bridgehead atoms. The second-order valence-corrected chi connectivity index (χ2v) is 5.18. The lowest BCUT2D eigenvalue weighted by atomic mass is 10.1. The molecule has 0 aliphatic rings. The summed E-state index contributed by atoms with van der Waals surface area (Å²) >= 11 is 0. The van der Waals surface area contributed by atoms with Gasteiger partial charge in [-0.25, -0.2) is 4.98 Å². The molecule has 0 aliphatic carbocycles. The molecule has 0 spiro atoms. The average Bonchev–Trinajstić information content (AvgIpc) is 2.92. The third kappa shape index (κ3) is 1.88. The Morgan fingerprint density at radius 3 is 2.91 bits per heavy atom. The van der Waals surface area contributed by atoms with Gasteiger partial charge >= 0.3 is 0 Å². The highest BCUT2D eigenvalue weighted by Gasteiger charge is 2.09. The van der Waals surface area contributed by atoms with Crippen LogP contribution in [0.5, 0.6) is 0 Å². The number of benzene rings is 1. The molecule has 4 aromatic rings. The Morgan fingerprint density at radius 2 is 2.00 bits per heavy atom. The van der Waals surface area contributed by atoms with Gasteiger partial charge < -0.3 is 0 Å². The molecule has 0 radical (unpaired) electrons. The van der Waals surface area contributed by atoms with Crippen LogP contribution in [0.2, 0.25) is 0 Å². The zero-order chi connectivity index (χ0) is 15.1. The smallest absolute Gasteiger partial charge is 0.264 e. The minimum absolute atomic E-state index is 0.0916. The normalized spacial score (nSPS) is 11.3. The molecular formula is C16H13N5O. The fourth-order valence-electron chi connectivity index (χ4n) is 2.66. The quantitative estimate of drug-likeness (QED) is 0.564. The molecular weight excluding hydrogens is 278 g/mol. The highest BCUT2D eigenvalue weighted by molar-refractivity contribution is 5.81. The summed E-state index contributed by atoms with van der Waals surface area (Å²) in [5.41, 5.74) is 2.40. The van der Waals surface area contributed by atoms with Gasteiger partial charge in [0.2, 0.25) is 0 Å². The van der Waals surface area contributed by atoms with Crippen LogP contribution in [0.25, 0.3) is 21.9 Å². The fraction of sp³-hybridized carbons (Fsp3) is 0.125. The fourth-order valence-corrected chi connectivity index (χ4v) is 2.66. The number of hydrogen-bond acceptors (Lipinski definition) is 4. The van der Waals surface area contributed by atoms with E-state index in [0.29, 0.717) is 17.6 Å². The van der Waals surface area contributed by atoms with Gasteiger partial charge in [0.25, 0.3) is 5.56 Å². The van der Waals surface area contributed by atoms with Crippen molar-refractivity contribution in [2.75, 3.05) is 0 Å². The number of aromatic nitrogens is 5. The first-order valence-corrected chi connectivity index (χ1v) is 6.94. The second-order valence-electron chi connectivity index (χ2n) is 5.18. The summed E-state index contributed by atoms with van der Waals surface area (Å²) in [5.74, 6) is 0. The van der Waals surface area contributed by atoms with Crippen LogP contribution < -0.4 is 5.56 Å². The largest absolute Gasteiger partial charge is 0.294 e. The third-order valence-electron chi connectivity index (χ3n) is 3.78. The molecule has 0 fully saturated rings. The highest BCUT2D eigenvalue weighted by Crippen LogP contribution is 2.16. The van der Waals surface area contributed by atoms with Crippen molar-refractivity contribution in [3.63, 3.8) is 0 Å². The molecule has 6 nitrogen and oxygen atoms in total. The molecule has 1 aromatic carbocycles. The van der Waals surface area contributed by atoms with Gasteiger partial charge in [0.15, 0.2) is 5.65 Å². The van der Waals surface area contributed by atoms with Gasteiger partial charge in [-0.1, -0.05) is 24.3 Å². The van der Waals surface area contributed by atoms with E-state index < -0.39 is 0 Å². The Bertz CT molecular complexity index is 1040. The number of fused-ring (bicyclic) bond motifs is 2. The van der Waals surface area contributed by atoms with E-state index in [9.17, 15) is 4.79 Å². The standard InChI is InChI=1S/C16H13N5O/c1-20-15-13(8-19-20)16(22)21(10-18-15)9-12-5-2-4-11-6-3-7-17-14(11)12/h2-8,10H,9H2,1H3. The number of pyridine rings is 1. The minimum atomic E-state index is -0.0916. The van der Waals surface area contributed by atoms with Crippen molar-refractivity contribution in [2.24, 2.45) is 7.05 Å². The van der Waals surface area contributed by atoms with Crippen LogP contribution in [0.3, 0.4) is 0 Å². The summed E-state index contributed by atoms with van der Waals surface area (Å²) in [4.78, 5) is 21.3. The summed E-state index contributed by atoms with van der Waals surface area (Å²) < 4.78 is 3.19. The zero-order valence-electron chi connectivity index (χ0n) is 12.0. The van der Waals surface area contributed by atoms with Crippen molar-refractivity contribution >= 4 is 21.9 Å². The predicted molar refractivity (Wildman–Crippen MR) is 83.6 cm³/mol. The SMILES string of the molecule is Cn1ncc2c(=O)n(Cc3cccc4cccnc34)cnc21. The molecule has 22 heavy (non-hydrogen) atoms. The Morgan fingerprint density at radius 1 is 1.14 bits per heavy atom. The topological polar surface area (TPSA) is 65.6 Å². The lowest BCUT2D eigenvalue weighted by Gasteiger charge is -2.08. The lowest BCUT2D eigenvalue weighted by Crippen LogP contribution is -2.21. The molecule has 0 atom stereocenters. The van der Waals surface area contributed by atoms with Crippen LogP contribution in [0.1, 0.15) is 5.56 Å². The first-order chi connectivity index (χ1) is 10.7. The molecule has 3 heterocycles. The summed E-state index contributed by atoms with van der Waals surface area (Å²) in [6, 6.07) is 9.88. The second kappa shape index (κ2) is 4.77. The van der Waals surface area contributed by atoms with Crippen molar-refractivity contribution in [3.05, 3.63) is 65.0 Å².